The Balaban J connectivity index is 2.34. The molecular formula is C20H26N2O4. The summed E-state index contributed by atoms with van der Waals surface area (Å²) in [5, 5.41) is 0. The number of hydrogen-bond acceptors (Lipinski definition) is 5. The lowest BCUT2D eigenvalue weighted by molar-refractivity contribution is 0.0741. The molecule has 1 amide bonds. The summed E-state index contributed by atoms with van der Waals surface area (Å²) in [7, 11) is 4.59. The number of amides is 1. The van der Waals surface area contributed by atoms with Gasteiger partial charge in [-0.25, -0.2) is 0 Å². The molecule has 2 aromatic carbocycles. The van der Waals surface area contributed by atoms with Gasteiger partial charge >= 0.3 is 0 Å². The molecule has 0 unspecified atom stereocenters. The van der Waals surface area contributed by atoms with E-state index >= 15 is 0 Å². The summed E-state index contributed by atoms with van der Waals surface area (Å²) in [6.45, 7) is 1.60. The monoisotopic (exact) mass is 358 g/mol. The highest BCUT2D eigenvalue weighted by atomic mass is 16.5. The Bertz CT molecular complexity index is 694. The second-order valence-electron chi connectivity index (χ2n) is 5.77. The van der Waals surface area contributed by atoms with Crippen LogP contribution >= 0.6 is 0 Å². The zero-order chi connectivity index (χ0) is 18.9. The summed E-state index contributed by atoms with van der Waals surface area (Å²) < 4.78 is 16.0. The van der Waals surface area contributed by atoms with Gasteiger partial charge in [0.2, 0.25) is 5.75 Å². The molecule has 140 valence electrons. The maximum Gasteiger partial charge on any atom is 0.254 e. The predicted octanol–water partition coefficient (Wildman–Crippen LogP) is 2.70. The molecule has 0 heterocycles. The molecule has 2 aromatic rings. The predicted molar refractivity (Wildman–Crippen MR) is 101 cm³/mol. The third-order valence-corrected chi connectivity index (χ3v) is 4.05. The van der Waals surface area contributed by atoms with Gasteiger partial charge in [-0.15, -0.1) is 0 Å². The van der Waals surface area contributed by atoms with Crippen LogP contribution in [0.25, 0.3) is 0 Å². The fourth-order valence-electron chi connectivity index (χ4n) is 2.73. The summed E-state index contributed by atoms with van der Waals surface area (Å²) in [4.78, 5) is 14.9. The quantitative estimate of drug-likeness (QED) is 0.746. The summed E-state index contributed by atoms with van der Waals surface area (Å²) in [5.74, 6) is 1.26. The van der Waals surface area contributed by atoms with Crippen molar-refractivity contribution >= 4 is 5.91 Å². The minimum atomic E-state index is -0.110. The molecule has 0 aliphatic rings. The van der Waals surface area contributed by atoms with Gasteiger partial charge in [0.15, 0.2) is 11.5 Å². The maximum atomic E-state index is 13.1. The summed E-state index contributed by atoms with van der Waals surface area (Å²) >= 11 is 0. The van der Waals surface area contributed by atoms with Crippen LogP contribution in [0.5, 0.6) is 17.2 Å². The molecule has 0 aliphatic carbocycles. The molecule has 0 fully saturated rings. The molecule has 0 saturated carbocycles. The van der Waals surface area contributed by atoms with Crippen LogP contribution in [0.4, 0.5) is 0 Å². The van der Waals surface area contributed by atoms with Crippen LogP contribution in [-0.2, 0) is 6.54 Å². The Morgan fingerprint density at radius 3 is 2.12 bits per heavy atom. The molecule has 0 aliphatic heterocycles. The van der Waals surface area contributed by atoms with E-state index in [0.29, 0.717) is 42.4 Å². The first kappa shape index (κ1) is 19.6. The smallest absolute Gasteiger partial charge is 0.254 e. The highest BCUT2D eigenvalue weighted by molar-refractivity contribution is 5.95. The molecule has 0 saturated heterocycles. The van der Waals surface area contributed by atoms with Crippen LogP contribution in [0.1, 0.15) is 22.3 Å². The van der Waals surface area contributed by atoms with E-state index in [0.717, 1.165) is 12.0 Å². The molecule has 26 heavy (non-hydrogen) atoms. The minimum absolute atomic E-state index is 0.110. The van der Waals surface area contributed by atoms with E-state index in [9.17, 15) is 4.79 Å². The summed E-state index contributed by atoms with van der Waals surface area (Å²) in [6.07, 6.45) is 0.725. The van der Waals surface area contributed by atoms with Gasteiger partial charge in [-0.05, 0) is 30.7 Å². The molecular weight excluding hydrogens is 332 g/mol. The highest BCUT2D eigenvalue weighted by Gasteiger charge is 2.21. The highest BCUT2D eigenvalue weighted by Crippen LogP contribution is 2.38. The number of methoxy groups -OCH3 is 3. The van der Waals surface area contributed by atoms with Crippen LogP contribution in [-0.4, -0.2) is 45.2 Å². The summed E-state index contributed by atoms with van der Waals surface area (Å²) in [5.41, 5.74) is 7.18. The molecule has 2 N–H and O–H groups in total. The van der Waals surface area contributed by atoms with Crippen molar-refractivity contribution in [1.82, 2.24) is 4.90 Å². The zero-order valence-electron chi connectivity index (χ0n) is 15.5. The number of ether oxygens (including phenoxy) is 3. The van der Waals surface area contributed by atoms with Crippen molar-refractivity contribution in [3.05, 3.63) is 53.6 Å². The van der Waals surface area contributed by atoms with Crippen molar-refractivity contribution in [2.24, 2.45) is 5.73 Å². The number of nitrogens with zero attached hydrogens (tertiary/aromatic N) is 1. The molecule has 6 heteroatoms. The molecule has 0 spiro atoms. The second-order valence-corrected chi connectivity index (χ2v) is 5.77. The fourth-order valence-corrected chi connectivity index (χ4v) is 2.73. The van der Waals surface area contributed by atoms with Gasteiger partial charge in [0.05, 0.1) is 21.3 Å². The van der Waals surface area contributed by atoms with Crippen LogP contribution in [0.15, 0.2) is 42.5 Å². The van der Waals surface area contributed by atoms with Crippen molar-refractivity contribution < 1.29 is 19.0 Å². The molecule has 0 atom stereocenters. The van der Waals surface area contributed by atoms with Gasteiger partial charge in [0, 0.05) is 18.7 Å². The fraction of sp³-hybridized carbons (Fsp3) is 0.350. The van der Waals surface area contributed by atoms with Gasteiger partial charge in [-0.1, -0.05) is 30.3 Å². The largest absolute Gasteiger partial charge is 0.493 e. The lowest BCUT2D eigenvalue weighted by atomic mass is 10.1. The Labute approximate surface area is 154 Å². The van der Waals surface area contributed by atoms with Crippen LogP contribution < -0.4 is 19.9 Å². The zero-order valence-corrected chi connectivity index (χ0v) is 15.5. The average molecular weight is 358 g/mol. The standard InChI is InChI=1S/C20H26N2O4/c1-24-17-12-16(13-18(25-2)19(17)26-3)20(23)22(11-7-10-21)14-15-8-5-4-6-9-15/h4-6,8-9,12-13H,7,10-11,14,21H2,1-3H3. The average Bonchev–Trinajstić information content (AvgIpc) is 2.70. The number of carbonyl (C=O) groups excluding carboxylic acids is 1. The third kappa shape index (κ3) is 4.67. The first-order chi connectivity index (χ1) is 12.6. The Hall–Kier alpha value is -2.73. The van der Waals surface area contributed by atoms with Crippen molar-refractivity contribution in [3.8, 4) is 17.2 Å². The normalized spacial score (nSPS) is 10.3. The van der Waals surface area contributed by atoms with E-state index in [-0.39, 0.29) is 5.91 Å². The van der Waals surface area contributed by atoms with Gasteiger partial charge in [-0.2, -0.15) is 0 Å². The number of hydrogen-bond donors (Lipinski definition) is 1. The molecule has 2 rings (SSSR count). The Morgan fingerprint density at radius 2 is 1.62 bits per heavy atom. The van der Waals surface area contributed by atoms with E-state index < -0.39 is 0 Å². The van der Waals surface area contributed by atoms with Crippen molar-refractivity contribution in [1.29, 1.82) is 0 Å². The van der Waals surface area contributed by atoms with Crippen molar-refractivity contribution in [3.63, 3.8) is 0 Å². The van der Waals surface area contributed by atoms with E-state index in [1.165, 1.54) is 21.3 Å². The number of nitrogens with two attached hydrogens (primary N) is 1. The van der Waals surface area contributed by atoms with E-state index in [1.807, 2.05) is 30.3 Å². The Kier molecular flexibility index (Phi) is 7.29. The maximum absolute atomic E-state index is 13.1. The van der Waals surface area contributed by atoms with Gasteiger partial charge in [0.25, 0.3) is 5.91 Å². The van der Waals surface area contributed by atoms with E-state index in [1.54, 1.807) is 17.0 Å². The number of carbonyl (C=O) groups is 1. The summed E-state index contributed by atoms with van der Waals surface area (Å²) in [6, 6.07) is 13.2. The number of benzene rings is 2. The van der Waals surface area contributed by atoms with Gasteiger partial charge < -0.3 is 24.8 Å². The van der Waals surface area contributed by atoms with E-state index in [2.05, 4.69) is 0 Å². The molecule has 0 aromatic heterocycles. The second kappa shape index (κ2) is 9.68. The minimum Gasteiger partial charge on any atom is -0.493 e. The molecule has 0 bridgehead atoms. The van der Waals surface area contributed by atoms with Crippen LogP contribution in [0.2, 0.25) is 0 Å². The SMILES string of the molecule is COc1cc(C(=O)N(CCCN)Cc2ccccc2)cc(OC)c1OC. The lowest BCUT2D eigenvalue weighted by Crippen LogP contribution is -2.32. The third-order valence-electron chi connectivity index (χ3n) is 4.05. The Morgan fingerprint density at radius 1 is 1.00 bits per heavy atom. The van der Waals surface area contributed by atoms with Crippen LogP contribution in [0, 0.1) is 0 Å². The molecule has 6 nitrogen and oxygen atoms in total. The first-order valence-electron chi connectivity index (χ1n) is 8.47. The first-order valence-corrected chi connectivity index (χ1v) is 8.47. The van der Waals surface area contributed by atoms with Gasteiger partial charge in [-0.3, -0.25) is 4.79 Å². The van der Waals surface area contributed by atoms with E-state index in [4.69, 9.17) is 19.9 Å². The van der Waals surface area contributed by atoms with Crippen molar-refractivity contribution in [2.75, 3.05) is 34.4 Å². The van der Waals surface area contributed by atoms with Gasteiger partial charge in [0.1, 0.15) is 0 Å². The lowest BCUT2D eigenvalue weighted by Gasteiger charge is -2.24. The number of rotatable bonds is 9. The van der Waals surface area contributed by atoms with Crippen molar-refractivity contribution in [2.45, 2.75) is 13.0 Å². The topological polar surface area (TPSA) is 74.0 Å². The van der Waals surface area contributed by atoms with Crippen LogP contribution in [0.3, 0.4) is 0 Å². The molecule has 0 radical (unpaired) electrons.